The third-order valence-electron chi connectivity index (χ3n) is 6.20. The monoisotopic (exact) mass is 578 g/mol. The number of carbonyl (C=O) groups excluding carboxylic acids is 1. The molecule has 0 saturated heterocycles. The molecule has 3 aromatic heterocycles. The van der Waals surface area contributed by atoms with Crippen molar-refractivity contribution in [2.24, 2.45) is 0 Å². The molecule has 1 aliphatic rings. The smallest absolute Gasteiger partial charge is 0.411 e. The summed E-state index contributed by atoms with van der Waals surface area (Å²) in [5.41, 5.74) is 4.57. The lowest BCUT2D eigenvalue weighted by atomic mass is 10.1. The highest BCUT2D eigenvalue weighted by Crippen LogP contribution is 2.43. The minimum Gasteiger partial charge on any atom is -0.483 e. The van der Waals surface area contributed by atoms with E-state index in [0.29, 0.717) is 45.1 Å². The summed E-state index contributed by atoms with van der Waals surface area (Å²) in [4.78, 5) is 33.9. The predicted molar refractivity (Wildman–Crippen MR) is 147 cm³/mol. The van der Waals surface area contributed by atoms with Crippen LogP contribution in [0.2, 0.25) is 0 Å². The molecule has 0 aliphatic carbocycles. The number of aliphatic hydroxyl groups excluding tert-OH is 1. The number of aromatic nitrogens is 5. The fraction of sp³-hybridized carbons (Fsp3) is 0.259. The van der Waals surface area contributed by atoms with Crippen LogP contribution < -0.4 is 19.5 Å². The first-order chi connectivity index (χ1) is 19.9. The Bertz CT molecular complexity index is 1770. The fourth-order valence-electron chi connectivity index (χ4n) is 4.46. The van der Waals surface area contributed by atoms with Crippen LogP contribution >= 0.6 is 11.3 Å². The molecule has 0 spiro atoms. The molecule has 5 aromatic rings. The number of aliphatic hydroxyl groups is 1. The normalized spacial score (nSPS) is 14.1. The minimum absolute atomic E-state index is 0.0571. The van der Waals surface area contributed by atoms with Gasteiger partial charge in [0.2, 0.25) is 5.88 Å². The summed E-state index contributed by atoms with van der Waals surface area (Å²) in [7, 11) is 1.53. The third-order valence-corrected chi connectivity index (χ3v) is 7.37. The molecule has 0 saturated carbocycles. The third kappa shape index (κ3) is 5.38. The fourth-order valence-corrected chi connectivity index (χ4v) is 5.57. The zero-order chi connectivity index (χ0) is 28.5. The summed E-state index contributed by atoms with van der Waals surface area (Å²) in [6, 6.07) is 5.32. The molecule has 2 N–H and O–H groups in total. The van der Waals surface area contributed by atoms with Crippen LogP contribution in [0.15, 0.2) is 36.8 Å². The Hall–Kier alpha value is -4.69. The maximum Gasteiger partial charge on any atom is 0.411 e. The van der Waals surface area contributed by atoms with Crippen molar-refractivity contribution in [2.75, 3.05) is 32.2 Å². The Morgan fingerprint density at radius 1 is 1.17 bits per heavy atom. The van der Waals surface area contributed by atoms with Gasteiger partial charge in [0.05, 0.1) is 59.2 Å². The molecular weight excluding hydrogens is 555 g/mol. The second-order valence-corrected chi connectivity index (χ2v) is 10.1. The van der Waals surface area contributed by atoms with Gasteiger partial charge in [-0.1, -0.05) is 0 Å². The number of ether oxygens (including phenoxy) is 4. The van der Waals surface area contributed by atoms with Gasteiger partial charge in [-0.15, -0.1) is 11.3 Å². The molecule has 0 bridgehead atoms. The Morgan fingerprint density at radius 2 is 2.00 bits per heavy atom. The number of thiazole rings is 1. The molecule has 1 atom stereocenters. The highest BCUT2D eigenvalue weighted by Gasteiger charge is 2.31. The first kappa shape index (κ1) is 26.5. The first-order valence-electron chi connectivity index (χ1n) is 12.5. The van der Waals surface area contributed by atoms with Crippen molar-refractivity contribution in [2.45, 2.75) is 19.4 Å². The highest BCUT2D eigenvalue weighted by atomic mass is 32.1. The van der Waals surface area contributed by atoms with Crippen molar-refractivity contribution < 1.29 is 33.2 Å². The van der Waals surface area contributed by atoms with Crippen molar-refractivity contribution in [3.05, 3.63) is 53.7 Å². The molecule has 41 heavy (non-hydrogen) atoms. The largest absolute Gasteiger partial charge is 0.483 e. The molecule has 0 radical (unpaired) electrons. The highest BCUT2D eigenvalue weighted by molar-refractivity contribution is 7.22. The quantitative estimate of drug-likeness (QED) is 0.274. The number of hydrogen-bond donors (Lipinski definition) is 2. The lowest BCUT2D eigenvalue weighted by Gasteiger charge is -2.12. The number of benzene rings is 2. The van der Waals surface area contributed by atoms with Crippen LogP contribution in [0.4, 0.5) is 14.9 Å². The van der Waals surface area contributed by atoms with Gasteiger partial charge >= 0.3 is 12.1 Å². The van der Waals surface area contributed by atoms with E-state index in [4.69, 9.17) is 29.0 Å². The van der Waals surface area contributed by atoms with E-state index in [0.717, 1.165) is 15.8 Å². The topological polar surface area (TPSA) is 151 Å². The van der Waals surface area contributed by atoms with Gasteiger partial charge in [0.25, 0.3) is 0 Å². The zero-order valence-corrected chi connectivity index (χ0v) is 22.7. The summed E-state index contributed by atoms with van der Waals surface area (Å²) in [6.45, 7) is 1.74. The van der Waals surface area contributed by atoms with Crippen LogP contribution in [0, 0.1) is 12.7 Å². The lowest BCUT2D eigenvalue weighted by molar-refractivity contribution is 0.100. The second kappa shape index (κ2) is 11.1. The number of nitrogens with one attached hydrogen (secondary N) is 1. The minimum atomic E-state index is -0.744. The van der Waals surface area contributed by atoms with Gasteiger partial charge < -0.3 is 24.1 Å². The summed E-state index contributed by atoms with van der Waals surface area (Å²) < 4.78 is 37.3. The van der Waals surface area contributed by atoms with Gasteiger partial charge in [-0.05, 0) is 24.6 Å². The Kier molecular flexibility index (Phi) is 7.15. The van der Waals surface area contributed by atoms with E-state index in [1.807, 2.05) is 19.1 Å². The van der Waals surface area contributed by atoms with E-state index in [2.05, 4.69) is 25.3 Å². The summed E-state index contributed by atoms with van der Waals surface area (Å²) in [5.74, 6) is 0.00945. The van der Waals surface area contributed by atoms with Crippen LogP contribution in [0.3, 0.4) is 0 Å². The van der Waals surface area contributed by atoms with Gasteiger partial charge in [-0.3, -0.25) is 5.32 Å². The molecule has 210 valence electrons. The number of amides is 1. The van der Waals surface area contributed by atoms with E-state index in [1.165, 1.54) is 36.9 Å². The number of methoxy groups -OCH3 is 1. The van der Waals surface area contributed by atoms with Crippen LogP contribution in [0.5, 0.6) is 17.6 Å². The van der Waals surface area contributed by atoms with E-state index in [1.54, 1.807) is 6.20 Å². The molecule has 14 heteroatoms. The summed E-state index contributed by atoms with van der Waals surface area (Å²) in [5, 5.41) is 12.0. The summed E-state index contributed by atoms with van der Waals surface area (Å²) in [6.07, 6.45) is 3.25. The van der Waals surface area contributed by atoms with Crippen molar-refractivity contribution >= 4 is 44.4 Å². The average molecular weight is 579 g/mol. The van der Waals surface area contributed by atoms with E-state index in [-0.39, 0.29) is 31.6 Å². The van der Waals surface area contributed by atoms with Crippen molar-refractivity contribution in [1.29, 1.82) is 0 Å². The SMILES string of the molecule is COc1cnc2c(-c3nc4cc(F)c5c(c4s3)CC(COC(=O)Nc3cnc(OCCO)nc3)O5)cc(C)cc2n1. The molecule has 0 fully saturated rings. The van der Waals surface area contributed by atoms with E-state index < -0.39 is 18.0 Å². The standard InChI is InChI=1S/C27H23FN6O6S/c1-13-5-16(22-19(6-13)33-21(37-2)11-29-22)25-34-20-8-18(28)23-17(24(20)41-25)7-15(40-23)12-39-27(36)32-14-9-30-26(31-10-14)38-4-3-35/h5-6,8-11,15,35H,3-4,7,12H2,1-2H3,(H,32,36). The molecule has 2 aromatic carbocycles. The van der Waals surface area contributed by atoms with Gasteiger partial charge in [-0.25, -0.2) is 34.1 Å². The number of hydrogen-bond acceptors (Lipinski definition) is 12. The molecule has 12 nitrogen and oxygen atoms in total. The molecular formula is C27H23FN6O6S. The Morgan fingerprint density at radius 3 is 2.78 bits per heavy atom. The van der Waals surface area contributed by atoms with Crippen LogP contribution in [0.25, 0.3) is 31.8 Å². The van der Waals surface area contributed by atoms with Crippen LogP contribution in [-0.4, -0.2) is 69.2 Å². The van der Waals surface area contributed by atoms with Gasteiger partial charge in [0, 0.05) is 23.6 Å². The molecule has 1 amide bonds. The average Bonchev–Trinajstić information content (AvgIpc) is 3.60. The Balaban J connectivity index is 1.18. The van der Waals surface area contributed by atoms with Crippen molar-refractivity contribution in [3.8, 4) is 28.2 Å². The first-order valence-corrected chi connectivity index (χ1v) is 13.3. The van der Waals surface area contributed by atoms with Gasteiger partial charge in [0.1, 0.15) is 24.3 Å². The summed E-state index contributed by atoms with van der Waals surface area (Å²) >= 11 is 1.42. The second-order valence-electron chi connectivity index (χ2n) is 9.12. The van der Waals surface area contributed by atoms with Crippen molar-refractivity contribution in [3.63, 3.8) is 0 Å². The number of halogens is 1. The maximum atomic E-state index is 15.0. The maximum absolute atomic E-state index is 15.0. The number of anilines is 1. The number of fused-ring (bicyclic) bond motifs is 4. The van der Waals surface area contributed by atoms with E-state index >= 15 is 4.39 Å². The number of aryl methyl sites for hydroxylation is 1. The number of rotatable bonds is 8. The predicted octanol–water partition coefficient (Wildman–Crippen LogP) is 4.08. The Labute approximate surface area is 236 Å². The van der Waals surface area contributed by atoms with Gasteiger partial charge in [-0.2, -0.15) is 0 Å². The molecule has 4 heterocycles. The molecule has 1 unspecified atom stereocenters. The van der Waals surface area contributed by atoms with Crippen LogP contribution in [0.1, 0.15) is 11.1 Å². The number of carbonyl (C=O) groups is 1. The lowest BCUT2D eigenvalue weighted by Crippen LogP contribution is -2.25. The molecule has 6 rings (SSSR count). The molecule has 1 aliphatic heterocycles. The van der Waals surface area contributed by atoms with Gasteiger partial charge in [0.15, 0.2) is 11.6 Å². The van der Waals surface area contributed by atoms with Crippen LogP contribution in [-0.2, 0) is 11.2 Å². The zero-order valence-electron chi connectivity index (χ0n) is 21.9. The van der Waals surface area contributed by atoms with Crippen molar-refractivity contribution in [1.82, 2.24) is 24.9 Å². The number of nitrogens with zero attached hydrogens (tertiary/aromatic N) is 5. The van der Waals surface area contributed by atoms with E-state index in [9.17, 15) is 4.79 Å².